The predicted octanol–water partition coefficient (Wildman–Crippen LogP) is 2.20. The summed E-state index contributed by atoms with van der Waals surface area (Å²) in [7, 11) is 0. The lowest BCUT2D eigenvalue weighted by Crippen LogP contribution is -2.43. The Morgan fingerprint density at radius 3 is 2.67 bits per heavy atom. The summed E-state index contributed by atoms with van der Waals surface area (Å²) in [5, 5.41) is 10.5. The highest BCUT2D eigenvalue weighted by Crippen LogP contribution is 2.26. The molecule has 0 unspecified atom stereocenters. The van der Waals surface area contributed by atoms with Crippen LogP contribution in [-0.2, 0) is 30.9 Å². The fourth-order valence-corrected chi connectivity index (χ4v) is 3.80. The largest absolute Gasteiger partial charge is 0.503 e. The summed E-state index contributed by atoms with van der Waals surface area (Å²) in [5.41, 5.74) is 1.59. The smallest absolute Gasteiger partial charge is 0.274 e. The van der Waals surface area contributed by atoms with E-state index in [-0.39, 0.29) is 18.1 Å². The molecule has 7 heteroatoms. The molecule has 4 rings (SSSR count). The molecule has 0 aliphatic carbocycles. The van der Waals surface area contributed by atoms with Crippen LogP contribution in [0.3, 0.4) is 0 Å². The third-order valence-corrected chi connectivity index (χ3v) is 5.23. The number of hydrogen-bond donors (Lipinski definition) is 1. The maximum Gasteiger partial charge on any atom is 0.274 e. The third kappa shape index (κ3) is 3.23. The van der Waals surface area contributed by atoms with Gasteiger partial charge in [0.05, 0.1) is 12.3 Å². The molecule has 142 valence electrons. The summed E-state index contributed by atoms with van der Waals surface area (Å²) in [6, 6.07) is 5.94. The molecular weight excluding hydrogens is 351 g/mol. The molecule has 0 saturated carbocycles. The highest BCUT2D eigenvalue weighted by atomic mass is 19.1. The molecule has 2 aliphatic rings. The summed E-state index contributed by atoms with van der Waals surface area (Å²) >= 11 is 0. The zero-order valence-corrected chi connectivity index (χ0v) is 14.9. The van der Waals surface area contributed by atoms with Crippen LogP contribution in [0.25, 0.3) is 0 Å². The minimum absolute atomic E-state index is 0.0243. The third-order valence-electron chi connectivity index (χ3n) is 5.23. The lowest BCUT2D eigenvalue weighted by atomic mass is 10.0. The zero-order chi connectivity index (χ0) is 19.0. The van der Waals surface area contributed by atoms with E-state index in [2.05, 4.69) is 0 Å². The van der Waals surface area contributed by atoms with Gasteiger partial charge in [-0.1, -0.05) is 12.1 Å². The molecule has 3 heterocycles. The number of ether oxygens (including phenoxy) is 1. The fourth-order valence-electron chi connectivity index (χ4n) is 3.80. The number of pyridine rings is 1. The van der Waals surface area contributed by atoms with Crippen molar-refractivity contribution in [3.05, 3.63) is 62.8 Å². The first-order valence-corrected chi connectivity index (χ1v) is 9.15. The van der Waals surface area contributed by atoms with E-state index >= 15 is 0 Å². The molecule has 1 N–H and O–H groups in total. The van der Waals surface area contributed by atoms with Crippen molar-refractivity contribution < 1.29 is 19.0 Å². The standard InChI is InChI=1S/C20H21FN2O4/c21-14-6-4-13(5-7-14)11-22-8-9-23-16-12-27-10-2-1-3-15(16)18(24)19(25)17(23)20(22)26/h4-7,25H,1-3,8-12H2. The van der Waals surface area contributed by atoms with E-state index < -0.39 is 17.1 Å². The van der Waals surface area contributed by atoms with Gasteiger partial charge in [-0.05, 0) is 37.0 Å². The normalized spacial score (nSPS) is 17.1. The van der Waals surface area contributed by atoms with E-state index in [1.807, 2.05) is 0 Å². The molecule has 0 atom stereocenters. The summed E-state index contributed by atoms with van der Waals surface area (Å²) < 4.78 is 20.5. The molecule has 2 aliphatic heterocycles. The molecular formula is C20H21FN2O4. The minimum Gasteiger partial charge on any atom is -0.503 e. The number of nitrogens with zero attached hydrogens (tertiary/aromatic N) is 2. The van der Waals surface area contributed by atoms with Crippen molar-refractivity contribution in [2.75, 3.05) is 13.2 Å². The maximum atomic E-state index is 13.1. The van der Waals surface area contributed by atoms with Crippen molar-refractivity contribution in [2.45, 2.75) is 39.0 Å². The number of aromatic hydroxyl groups is 1. The second-order valence-electron chi connectivity index (χ2n) is 6.97. The van der Waals surface area contributed by atoms with Crippen molar-refractivity contribution >= 4 is 5.91 Å². The highest BCUT2D eigenvalue weighted by Gasteiger charge is 2.32. The first kappa shape index (κ1) is 17.7. The summed E-state index contributed by atoms with van der Waals surface area (Å²) in [6.45, 7) is 2.09. The van der Waals surface area contributed by atoms with Gasteiger partial charge in [-0.25, -0.2) is 4.39 Å². The van der Waals surface area contributed by atoms with Gasteiger partial charge in [-0.15, -0.1) is 0 Å². The number of hydrogen-bond acceptors (Lipinski definition) is 4. The van der Waals surface area contributed by atoms with Crippen LogP contribution in [0.2, 0.25) is 0 Å². The SMILES string of the molecule is O=C1c2c(O)c(=O)c3c(n2CCN1Cc1ccc(F)cc1)COCCCC3. The number of amides is 1. The molecule has 0 radical (unpaired) electrons. The summed E-state index contributed by atoms with van der Waals surface area (Å²) in [6.07, 6.45) is 2.26. The number of fused-ring (bicyclic) bond motifs is 3. The Morgan fingerprint density at radius 2 is 1.89 bits per heavy atom. The van der Waals surface area contributed by atoms with Gasteiger partial charge in [0.15, 0.2) is 11.4 Å². The van der Waals surface area contributed by atoms with Crippen molar-refractivity contribution in [1.29, 1.82) is 0 Å². The lowest BCUT2D eigenvalue weighted by Gasteiger charge is -2.33. The first-order valence-electron chi connectivity index (χ1n) is 9.15. The number of carbonyl (C=O) groups excluding carboxylic acids is 1. The average molecular weight is 372 g/mol. The summed E-state index contributed by atoms with van der Waals surface area (Å²) in [4.78, 5) is 27.2. The molecule has 0 fully saturated rings. The lowest BCUT2D eigenvalue weighted by molar-refractivity contribution is 0.0664. The van der Waals surface area contributed by atoms with Crippen LogP contribution in [-0.4, -0.2) is 33.6 Å². The minimum atomic E-state index is -0.483. The van der Waals surface area contributed by atoms with Crippen LogP contribution < -0.4 is 5.43 Å². The molecule has 27 heavy (non-hydrogen) atoms. The Morgan fingerprint density at radius 1 is 1.11 bits per heavy atom. The van der Waals surface area contributed by atoms with Crippen molar-refractivity contribution in [1.82, 2.24) is 9.47 Å². The van der Waals surface area contributed by atoms with Crippen LogP contribution in [0.4, 0.5) is 4.39 Å². The topological polar surface area (TPSA) is 71.8 Å². The Bertz CT molecular complexity index is 936. The van der Waals surface area contributed by atoms with Crippen LogP contribution >= 0.6 is 0 Å². The second-order valence-corrected chi connectivity index (χ2v) is 6.97. The van der Waals surface area contributed by atoms with Crippen LogP contribution in [0, 0.1) is 5.82 Å². The maximum absolute atomic E-state index is 13.1. The monoisotopic (exact) mass is 372 g/mol. The molecule has 2 aromatic rings. The molecule has 1 aromatic carbocycles. The molecule has 0 spiro atoms. The Kier molecular flexibility index (Phi) is 4.70. The molecule has 1 amide bonds. The van der Waals surface area contributed by atoms with Crippen molar-refractivity contribution in [3.8, 4) is 5.75 Å². The van der Waals surface area contributed by atoms with Gasteiger partial charge in [0.1, 0.15) is 5.82 Å². The van der Waals surface area contributed by atoms with Crippen LogP contribution in [0.5, 0.6) is 5.75 Å². The van der Waals surface area contributed by atoms with Gasteiger partial charge >= 0.3 is 0 Å². The Hall–Kier alpha value is -2.67. The van der Waals surface area contributed by atoms with Crippen molar-refractivity contribution in [3.63, 3.8) is 0 Å². The van der Waals surface area contributed by atoms with E-state index in [1.165, 1.54) is 12.1 Å². The number of aromatic nitrogens is 1. The van der Waals surface area contributed by atoms with E-state index in [9.17, 15) is 19.1 Å². The van der Waals surface area contributed by atoms with Gasteiger partial charge < -0.3 is 19.3 Å². The molecule has 1 aromatic heterocycles. The number of halogens is 1. The second kappa shape index (κ2) is 7.15. The van der Waals surface area contributed by atoms with Gasteiger partial charge in [0.25, 0.3) is 5.91 Å². The highest BCUT2D eigenvalue weighted by molar-refractivity contribution is 5.96. The molecule has 0 bridgehead atoms. The first-order chi connectivity index (χ1) is 13.1. The van der Waals surface area contributed by atoms with E-state index in [0.717, 1.165) is 18.4 Å². The van der Waals surface area contributed by atoms with Crippen LogP contribution in [0.1, 0.15) is 40.2 Å². The number of carbonyl (C=O) groups is 1. The summed E-state index contributed by atoms with van der Waals surface area (Å²) in [5.74, 6) is -1.22. The Balaban J connectivity index is 1.71. The zero-order valence-electron chi connectivity index (χ0n) is 14.9. The van der Waals surface area contributed by atoms with Gasteiger partial charge in [0, 0.05) is 31.8 Å². The fraction of sp³-hybridized carbons (Fsp3) is 0.400. The van der Waals surface area contributed by atoms with Crippen molar-refractivity contribution in [2.24, 2.45) is 0 Å². The van der Waals surface area contributed by atoms with Gasteiger partial charge in [0.2, 0.25) is 5.43 Å². The predicted molar refractivity (Wildman–Crippen MR) is 96.1 cm³/mol. The van der Waals surface area contributed by atoms with E-state index in [1.54, 1.807) is 21.6 Å². The quantitative estimate of drug-likeness (QED) is 0.877. The van der Waals surface area contributed by atoms with Crippen LogP contribution in [0.15, 0.2) is 29.1 Å². The Labute approximate surface area is 155 Å². The van der Waals surface area contributed by atoms with E-state index in [4.69, 9.17) is 4.74 Å². The average Bonchev–Trinajstić information content (AvgIpc) is 2.63. The molecule has 6 nitrogen and oxygen atoms in total. The number of benzene rings is 1. The molecule has 0 saturated heterocycles. The van der Waals surface area contributed by atoms with Gasteiger partial charge in [-0.2, -0.15) is 0 Å². The van der Waals surface area contributed by atoms with E-state index in [0.29, 0.717) is 43.9 Å². The number of rotatable bonds is 2. The van der Waals surface area contributed by atoms with Gasteiger partial charge in [-0.3, -0.25) is 9.59 Å².